The minimum absolute atomic E-state index is 0.131. The first-order valence-corrected chi connectivity index (χ1v) is 7.68. The number of carbonyl (C=O) groups is 1. The van der Waals surface area contributed by atoms with Crippen LogP contribution < -0.4 is 0 Å². The molecule has 1 aromatic heterocycles. The van der Waals surface area contributed by atoms with Crippen molar-refractivity contribution in [3.05, 3.63) is 48.5 Å². The molecule has 1 heterocycles. The van der Waals surface area contributed by atoms with Gasteiger partial charge in [0, 0.05) is 11.8 Å². The van der Waals surface area contributed by atoms with Gasteiger partial charge in [-0.15, -0.1) is 0 Å². The number of alkyl halides is 3. The first-order valence-electron chi connectivity index (χ1n) is 5.79. The lowest BCUT2D eigenvalue weighted by atomic mass is 10.0. The SMILES string of the molecule is O=C(O)c1cc(-c2c(Cl)c(Cl)c(Cl)c(Cl)c2Cl)ncc1C(F)(F)F. The van der Waals surface area contributed by atoms with Crippen molar-refractivity contribution in [2.75, 3.05) is 0 Å². The van der Waals surface area contributed by atoms with E-state index in [1.165, 1.54) is 0 Å². The first kappa shape index (κ1) is 19.4. The minimum atomic E-state index is -4.90. The summed E-state index contributed by atoms with van der Waals surface area (Å²) in [7, 11) is 0. The standard InChI is InChI=1S/C13H3Cl5F3NO2/c14-7-6(8(15)10(17)11(18)9(7)16)5-1-3(12(23)24)4(2-22-5)13(19,20)21/h1-2H,(H,23,24). The van der Waals surface area contributed by atoms with Crippen LogP contribution in [0.1, 0.15) is 15.9 Å². The second-order valence-electron chi connectivity index (χ2n) is 4.36. The molecule has 2 rings (SSSR count). The number of hydrogen-bond acceptors (Lipinski definition) is 2. The molecule has 0 radical (unpaired) electrons. The molecule has 0 fully saturated rings. The molecule has 0 aliphatic rings. The molecular weight excluding hydrogens is 436 g/mol. The Kier molecular flexibility index (Phi) is 5.47. The van der Waals surface area contributed by atoms with Gasteiger partial charge in [-0.3, -0.25) is 4.98 Å². The Morgan fingerprint density at radius 2 is 1.42 bits per heavy atom. The molecule has 0 bridgehead atoms. The number of carboxylic acid groups (broad SMARTS) is 1. The van der Waals surface area contributed by atoms with E-state index in [-0.39, 0.29) is 36.4 Å². The smallest absolute Gasteiger partial charge is 0.418 e. The largest absolute Gasteiger partial charge is 0.478 e. The zero-order valence-electron chi connectivity index (χ0n) is 11.0. The predicted octanol–water partition coefficient (Wildman–Crippen LogP) is 6.73. The third-order valence-electron chi connectivity index (χ3n) is 2.91. The summed E-state index contributed by atoms with van der Waals surface area (Å²) < 4.78 is 38.6. The van der Waals surface area contributed by atoms with E-state index in [0.29, 0.717) is 12.3 Å². The zero-order chi connectivity index (χ0) is 18.4. The van der Waals surface area contributed by atoms with Gasteiger partial charge in [0.05, 0.1) is 41.9 Å². The van der Waals surface area contributed by atoms with Crippen LogP contribution in [0, 0.1) is 0 Å². The van der Waals surface area contributed by atoms with Crippen molar-refractivity contribution in [2.45, 2.75) is 6.18 Å². The summed E-state index contributed by atoms with van der Waals surface area (Å²) in [6.07, 6.45) is -4.54. The number of rotatable bonds is 2. The molecule has 128 valence electrons. The lowest BCUT2D eigenvalue weighted by Crippen LogP contribution is -2.14. The van der Waals surface area contributed by atoms with Gasteiger partial charge in [-0.25, -0.2) is 4.79 Å². The van der Waals surface area contributed by atoms with Gasteiger partial charge in [0.2, 0.25) is 0 Å². The zero-order valence-corrected chi connectivity index (χ0v) is 14.8. The molecule has 0 saturated carbocycles. The molecule has 0 saturated heterocycles. The van der Waals surface area contributed by atoms with Crippen LogP contribution in [0.4, 0.5) is 13.2 Å². The average molecular weight is 439 g/mol. The lowest BCUT2D eigenvalue weighted by Gasteiger charge is -2.14. The molecule has 0 spiro atoms. The fraction of sp³-hybridized carbons (Fsp3) is 0.0769. The average Bonchev–Trinajstić information content (AvgIpc) is 2.50. The van der Waals surface area contributed by atoms with E-state index in [1.54, 1.807) is 0 Å². The van der Waals surface area contributed by atoms with Gasteiger partial charge in [0.25, 0.3) is 0 Å². The monoisotopic (exact) mass is 437 g/mol. The highest BCUT2D eigenvalue weighted by Crippen LogP contribution is 2.48. The van der Waals surface area contributed by atoms with Gasteiger partial charge in [0.1, 0.15) is 0 Å². The molecule has 1 N–H and O–H groups in total. The molecule has 0 atom stereocenters. The third-order valence-corrected chi connectivity index (χ3v) is 5.18. The van der Waals surface area contributed by atoms with E-state index in [0.717, 1.165) is 0 Å². The van der Waals surface area contributed by atoms with Crippen molar-refractivity contribution in [1.82, 2.24) is 4.98 Å². The van der Waals surface area contributed by atoms with E-state index < -0.39 is 23.3 Å². The van der Waals surface area contributed by atoms with Crippen LogP contribution in [-0.4, -0.2) is 16.1 Å². The number of nitrogens with zero attached hydrogens (tertiary/aromatic N) is 1. The second-order valence-corrected chi connectivity index (χ2v) is 6.25. The predicted molar refractivity (Wildman–Crippen MR) is 86.7 cm³/mol. The highest BCUT2D eigenvalue weighted by molar-refractivity contribution is 6.56. The van der Waals surface area contributed by atoms with Gasteiger partial charge < -0.3 is 5.11 Å². The summed E-state index contributed by atoms with van der Waals surface area (Å²) in [5.74, 6) is -1.80. The van der Waals surface area contributed by atoms with Crippen LogP contribution >= 0.6 is 58.0 Å². The Labute approximate surface area is 157 Å². The molecule has 11 heteroatoms. The highest BCUT2D eigenvalue weighted by atomic mass is 35.5. The normalized spacial score (nSPS) is 11.7. The molecule has 0 unspecified atom stereocenters. The Morgan fingerprint density at radius 3 is 1.83 bits per heavy atom. The summed E-state index contributed by atoms with van der Waals surface area (Å²) in [6.45, 7) is 0. The summed E-state index contributed by atoms with van der Waals surface area (Å²) in [5.41, 5.74) is -2.83. The first-order chi connectivity index (χ1) is 11.0. The van der Waals surface area contributed by atoms with Gasteiger partial charge in [-0.05, 0) is 6.07 Å². The molecular formula is C13H3Cl5F3NO2. The van der Waals surface area contributed by atoms with Gasteiger partial charge >= 0.3 is 12.1 Å². The van der Waals surface area contributed by atoms with Crippen molar-refractivity contribution < 1.29 is 23.1 Å². The van der Waals surface area contributed by atoms with Crippen LogP contribution in [0.5, 0.6) is 0 Å². The molecule has 3 nitrogen and oxygen atoms in total. The summed E-state index contributed by atoms with van der Waals surface area (Å²) in [5, 5.41) is 8.04. The minimum Gasteiger partial charge on any atom is -0.478 e. The van der Waals surface area contributed by atoms with E-state index in [2.05, 4.69) is 4.98 Å². The number of pyridine rings is 1. The van der Waals surface area contributed by atoms with Gasteiger partial charge in [-0.2, -0.15) is 13.2 Å². The molecule has 2 aromatic rings. The third kappa shape index (κ3) is 3.39. The van der Waals surface area contributed by atoms with Crippen molar-refractivity contribution >= 4 is 64.0 Å². The van der Waals surface area contributed by atoms with E-state index in [4.69, 9.17) is 63.1 Å². The fourth-order valence-corrected chi connectivity index (χ4v) is 3.16. The van der Waals surface area contributed by atoms with Crippen LogP contribution in [0.15, 0.2) is 12.3 Å². The summed E-state index contributed by atoms with van der Waals surface area (Å²) in [6, 6.07) is 0.679. The summed E-state index contributed by atoms with van der Waals surface area (Å²) >= 11 is 29.6. The Morgan fingerprint density at radius 1 is 0.958 bits per heavy atom. The highest BCUT2D eigenvalue weighted by Gasteiger charge is 2.36. The van der Waals surface area contributed by atoms with Crippen LogP contribution in [-0.2, 0) is 6.18 Å². The van der Waals surface area contributed by atoms with E-state index in [9.17, 15) is 18.0 Å². The van der Waals surface area contributed by atoms with Crippen molar-refractivity contribution in [2.24, 2.45) is 0 Å². The van der Waals surface area contributed by atoms with Crippen LogP contribution in [0.2, 0.25) is 25.1 Å². The Balaban J connectivity index is 2.81. The molecule has 1 aromatic carbocycles. The molecule has 0 amide bonds. The number of benzene rings is 1. The van der Waals surface area contributed by atoms with Gasteiger partial charge in [0.15, 0.2) is 0 Å². The number of hydrogen-bond donors (Lipinski definition) is 1. The van der Waals surface area contributed by atoms with Crippen molar-refractivity contribution in [3.63, 3.8) is 0 Å². The lowest BCUT2D eigenvalue weighted by molar-refractivity contribution is -0.138. The Hall–Kier alpha value is -0.920. The number of halogens is 8. The van der Waals surface area contributed by atoms with Crippen LogP contribution in [0.25, 0.3) is 11.3 Å². The second kappa shape index (κ2) is 6.77. The van der Waals surface area contributed by atoms with E-state index in [1.807, 2.05) is 0 Å². The maximum Gasteiger partial charge on any atom is 0.418 e. The molecule has 0 aliphatic carbocycles. The van der Waals surface area contributed by atoms with E-state index >= 15 is 0 Å². The number of carboxylic acids is 1. The fourth-order valence-electron chi connectivity index (χ4n) is 1.82. The Bertz CT molecular complexity index is 825. The van der Waals surface area contributed by atoms with Crippen LogP contribution in [0.3, 0.4) is 0 Å². The topological polar surface area (TPSA) is 50.2 Å². The van der Waals surface area contributed by atoms with Crippen molar-refractivity contribution in [1.29, 1.82) is 0 Å². The van der Waals surface area contributed by atoms with Crippen molar-refractivity contribution in [3.8, 4) is 11.3 Å². The maximum atomic E-state index is 12.9. The van der Waals surface area contributed by atoms with Gasteiger partial charge in [-0.1, -0.05) is 58.0 Å². The quantitative estimate of drug-likeness (QED) is 0.417. The molecule has 0 aliphatic heterocycles. The number of aromatic nitrogens is 1. The number of aromatic carboxylic acids is 1. The molecule has 24 heavy (non-hydrogen) atoms. The summed E-state index contributed by atoms with van der Waals surface area (Å²) in [4.78, 5) is 14.7. The maximum absolute atomic E-state index is 12.9.